The van der Waals surface area contributed by atoms with E-state index in [1.807, 2.05) is 6.07 Å². The Hall–Kier alpha value is -3.59. The number of aromatic hydroxyl groups is 1. The van der Waals surface area contributed by atoms with Crippen LogP contribution >= 0.6 is 11.6 Å². The number of halogens is 1. The van der Waals surface area contributed by atoms with E-state index in [0.29, 0.717) is 45.8 Å². The lowest BCUT2D eigenvalue weighted by Crippen LogP contribution is -2.19. The summed E-state index contributed by atoms with van der Waals surface area (Å²) in [6.45, 7) is 0.319. The molecule has 5 rings (SSSR count). The van der Waals surface area contributed by atoms with Gasteiger partial charge in [-0.2, -0.15) is 9.61 Å². The van der Waals surface area contributed by atoms with Gasteiger partial charge in [0.05, 0.1) is 12.6 Å². The van der Waals surface area contributed by atoms with Crippen molar-refractivity contribution in [3.63, 3.8) is 0 Å². The van der Waals surface area contributed by atoms with Crippen molar-refractivity contribution in [2.45, 2.75) is 31.8 Å². The summed E-state index contributed by atoms with van der Waals surface area (Å²) in [5.74, 6) is 0.761. The van der Waals surface area contributed by atoms with Crippen molar-refractivity contribution in [3.8, 4) is 5.75 Å². The molecule has 0 spiro atoms. The number of carbonyl (C=O) groups excluding carboxylic acids is 2. The van der Waals surface area contributed by atoms with Crippen LogP contribution in [0.15, 0.2) is 36.0 Å². The molecule has 0 unspecified atom stereocenters. The van der Waals surface area contributed by atoms with Gasteiger partial charge in [0.15, 0.2) is 5.65 Å². The molecule has 0 radical (unpaired) electrons. The number of aromatic nitrogens is 3. The first-order valence-electron chi connectivity index (χ1n) is 9.87. The Labute approximate surface area is 182 Å². The van der Waals surface area contributed by atoms with Crippen LogP contribution in [-0.4, -0.2) is 37.6 Å². The maximum absolute atomic E-state index is 11.9. The van der Waals surface area contributed by atoms with Gasteiger partial charge in [-0.05, 0) is 37.1 Å². The Bertz CT molecular complexity index is 1250. The van der Waals surface area contributed by atoms with E-state index in [1.54, 1.807) is 35.0 Å². The van der Waals surface area contributed by atoms with Gasteiger partial charge < -0.3 is 15.7 Å². The summed E-state index contributed by atoms with van der Waals surface area (Å²) in [6, 6.07) is 7.10. The minimum atomic E-state index is -0.397. The van der Waals surface area contributed by atoms with Crippen LogP contribution in [0.5, 0.6) is 5.75 Å². The van der Waals surface area contributed by atoms with E-state index in [4.69, 9.17) is 11.6 Å². The number of rotatable bonds is 6. The Morgan fingerprint density at radius 3 is 2.87 bits per heavy atom. The molecule has 1 saturated heterocycles. The topological polar surface area (TPSA) is 121 Å². The highest BCUT2D eigenvalue weighted by Crippen LogP contribution is 2.29. The van der Waals surface area contributed by atoms with Crippen LogP contribution in [-0.2, 0) is 16.1 Å². The molecule has 2 amide bonds. The van der Waals surface area contributed by atoms with Gasteiger partial charge in [0.25, 0.3) is 5.91 Å². The van der Waals surface area contributed by atoms with Crippen LogP contribution < -0.4 is 16.0 Å². The van der Waals surface area contributed by atoms with Crippen molar-refractivity contribution >= 4 is 46.8 Å². The number of fused-ring (bicyclic) bond motifs is 1. The summed E-state index contributed by atoms with van der Waals surface area (Å²) in [6.07, 6.45) is 5.47. The zero-order valence-corrected chi connectivity index (χ0v) is 17.1. The van der Waals surface area contributed by atoms with Crippen molar-refractivity contribution in [2.75, 3.05) is 10.6 Å². The number of phenols is 1. The monoisotopic (exact) mass is 438 g/mol. The summed E-state index contributed by atoms with van der Waals surface area (Å²) in [5, 5.41) is 23.9. The van der Waals surface area contributed by atoms with Gasteiger partial charge in [0.2, 0.25) is 5.91 Å². The van der Waals surface area contributed by atoms with Gasteiger partial charge in [-0.1, -0.05) is 11.6 Å². The van der Waals surface area contributed by atoms with E-state index in [1.165, 1.54) is 0 Å². The number of hydrogen-bond donors (Lipinski definition) is 4. The van der Waals surface area contributed by atoms with Crippen molar-refractivity contribution in [2.24, 2.45) is 0 Å². The SMILES string of the molecule is O=C1C/C(=C\c2cnn3c(NC4CC4)cc(NCc4cc(Cl)ccc4O)nc23)C(=O)N1. The molecule has 0 bridgehead atoms. The minimum absolute atomic E-state index is 0.0370. The summed E-state index contributed by atoms with van der Waals surface area (Å²) in [7, 11) is 0. The number of phenolic OH excluding ortho intramolecular Hbond substituents is 1. The second-order valence-electron chi connectivity index (χ2n) is 7.63. The van der Waals surface area contributed by atoms with E-state index in [2.05, 4.69) is 26.0 Å². The molecule has 1 aliphatic heterocycles. The van der Waals surface area contributed by atoms with Crippen LogP contribution in [0.4, 0.5) is 11.6 Å². The van der Waals surface area contributed by atoms with E-state index in [-0.39, 0.29) is 18.1 Å². The normalized spacial score (nSPS) is 17.4. The average molecular weight is 439 g/mol. The largest absolute Gasteiger partial charge is 0.508 e. The van der Waals surface area contributed by atoms with Crippen LogP contribution in [0.3, 0.4) is 0 Å². The molecular weight excluding hydrogens is 420 g/mol. The third kappa shape index (κ3) is 4.04. The van der Waals surface area contributed by atoms with Crippen LogP contribution in [0, 0.1) is 0 Å². The van der Waals surface area contributed by atoms with Crippen molar-refractivity contribution in [1.82, 2.24) is 19.9 Å². The summed E-state index contributed by atoms with van der Waals surface area (Å²) >= 11 is 6.04. The zero-order chi connectivity index (χ0) is 21.5. The molecule has 4 N–H and O–H groups in total. The third-order valence-electron chi connectivity index (χ3n) is 5.16. The van der Waals surface area contributed by atoms with Crippen molar-refractivity contribution < 1.29 is 14.7 Å². The van der Waals surface area contributed by atoms with E-state index >= 15 is 0 Å². The molecule has 2 fully saturated rings. The summed E-state index contributed by atoms with van der Waals surface area (Å²) in [4.78, 5) is 28.1. The Morgan fingerprint density at radius 1 is 1.29 bits per heavy atom. The Morgan fingerprint density at radius 2 is 2.13 bits per heavy atom. The highest BCUT2D eigenvalue weighted by molar-refractivity contribution is 6.30. The Kier molecular flexibility index (Phi) is 4.74. The van der Waals surface area contributed by atoms with Gasteiger partial charge in [-0.25, -0.2) is 4.98 Å². The minimum Gasteiger partial charge on any atom is -0.508 e. The maximum atomic E-state index is 11.9. The van der Waals surface area contributed by atoms with E-state index < -0.39 is 5.91 Å². The molecule has 2 aliphatic rings. The van der Waals surface area contributed by atoms with Gasteiger partial charge in [0, 0.05) is 40.4 Å². The van der Waals surface area contributed by atoms with Gasteiger partial charge in [-0.15, -0.1) is 0 Å². The highest BCUT2D eigenvalue weighted by Gasteiger charge is 2.25. The molecule has 10 heteroatoms. The molecule has 1 aromatic carbocycles. The lowest BCUT2D eigenvalue weighted by Gasteiger charge is -2.12. The number of amides is 2. The van der Waals surface area contributed by atoms with E-state index in [9.17, 15) is 14.7 Å². The summed E-state index contributed by atoms with van der Waals surface area (Å²) in [5.41, 5.74) is 2.19. The number of carbonyl (C=O) groups is 2. The first-order valence-corrected chi connectivity index (χ1v) is 10.3. The molecule has 3 aromatic rings. The fourth-order valence-corrected chi connectivity index (χ4v) is 3.60. The van der Waals surface area contributed by atoms with Gasteiger partial charge >= 0.3 is 0 Å². The number of hydrogen-bond acceptors (Lipinski definition) is 7. The fourth-order valence-electron chi connectivity index (χ4n) is 3.40. The average Bonchev–Trinajstić information content (AvgIpc) is 3.37. The van der Waals surface area contributed by atoms with Crippen molar-refractivity contribution in [3.05, 3.63) is 52.2 Å². The highest BCUT2D eigenvalue weighted by atomic mass is 35.5. The fraction of sp³-hybridized carbons (Fsp3) is 0.238. The first kappa shape index (κ1) is 19.4. The quantitative estimate of drug-likeness (QED) is 0.345. The van der Waals surface area contributed by atoms with Gasteiger partial charge in [-0.3, -0.25) is 14.9 Å². The molecule has 9 nitrogen and oxygen atoms in total. The standard InChI is InChI=1S/C21H19ClN6O3/c22-14-1-4-16(29)12(6-14)9-23-17-8-18(25-15-2-3-15)28-20(26-17)13(10-24-28)5-11-7-19(30)27-21(11)31/h1,4-6,8,10,15,25,29H,2-3,7,9H2,(H,23,26)(H,27,30,31)/b11-5+. The molecule has 1 aliphatic carbocycles. The lowest BCUT2D eigenvalue weighted by atomic mass is 10.1. The molecule has 158 valence electrons. The number of nitrogens with one attached hydrogen (secondary N) is 3. The molecule has 0 atom stereocenters. The van der Waals surface area contributed by atoms with Gasteiger partial charge in [0.1, 0.15) is 17.4 Å². The zero-order valence-electron chi connectivity index (χ0n) is 16.4. The van der Waals surface area contributed by atoms with E-state index in [0.717, 1.165) is 18.7 Å². The molecule has 3 heterocycles. The number of anilines is 2. The molecule has 1 saturated carbocycles. The number of nitrogens with zero attached hydrogens (tertiary/aromatic N) is 3. The lowest BCUT2D eigenvalue weighted by molar-refractivity contribution is -0.124. The van der Waals surface area contributed by atoms with Crippen LogP contribution in [0.2, 0.25) is 5.02 Å². The van der Waals surface area contributed by atoms with Crippen LogP contribution in [0.1, 0.15) is 30.4 Å². The maximum Gasteiger partial charge on any atom is 0.254 e. The first-order chi connectivity index (χ1) is 15.0. The molecule has 2 aromatic heterocycles. The third-order valence-corrected chi connectivity index (χ3v) is 5.39. The van der Waals surface area contributed by atoms with Crippen molar-refractivity contribution in [1.29, 1.82) is 0 Å². The molecular formula is C21H19ClN6O3. The van der Waals surface area contributed by atoms with Crippen LogP contribution in [0.25, 0.3) is 11.7 Å². The number of benzene rings is 1. The predicted molar refractivity (Wildman–Crippen MR) is 116 cm³/mol. The molecule has 31 heavy (non-hydrogen) atoms. The second-order valence-corrected chi connectivity index (χ2v) is 8.07. The Balaban J connectivity index is 1.50. The second kappa shape index (κ2) is 7.59. The predicted octanol–water partition coefficient (Wildman–Crippen LogP) is 2.70. The smallest absolute Gasteiger partial charge is 0.254 e. The summed E-state index contributed by atoms with van der Waals surface area (Å²) < 4.78 is 1.68. The number of imide groups is 1.